The highest BCUT2D eigenvalue weighted by Gasteiger charge is 2.42. The van der Waals surface area contributed by atoms with E-state index in [9.17, 15) is 30.1 Å². The van der Waals surface area contributed by atoms with E-state index in [1.807, 2.05) is 0 Å². The zero-order chi connectivity index (χ0) is 19.7. The molecule has 26 heavy (non-hydrogen) atoms. The van der Waals surface area contributed by atoms with E-state index in [0.29, 0.717) is 5.56 Å². The third-order valence-electron chi connectivity index (χ3n) is 3.84. The Morgan fingerprint density at radius 3 is 2.12 bits per heavy atom. The van der Waals surface area contributed by atoms with Crippen molar-refractivity contribution in [2.75, 3.05) is 0 Å². The third kappa shape index (κ3) is 4.27. The van der Waals surface area contributed by atoms with E-state index in [4.69, 9.17) is 9.79 Å². The first kappa shape index (κ1) is 20.0. The molecule has 142 valence electrons. The van der Waals surface area contributed by atoms with Crippen molar-refractivity contribution in [1.29, 1.82) is 0 Å². The van der Waals surface area contributed by atoms with Gasteiger partial charge in [0.25, 0.3) is 0 Å². The summed E-state index contributed by atoms with van der Waals surface area (Å²) in [5.74, 6) is -6.11. The van der Waals surface area contributed by atoms with Gasteiger partial charge in [0.1, 0.15) is 23.0 Å². The molecule has 0 fully saturated rings. The van der Waals surface area contributed by atoms with E-state index in [1.54, 1.807) is 6.92 Å². The summed E-state index contributed by atoms with van der Waals surface area (Å²) < 4.78 is 15.6. The fourth-order valence-electron chi connectivity index (χ4n) is 2.79. The topological polar surface area (TPSA) is 168 Å². The van der Waals surface area contributed by atoms with Gasteiger partial charge in [-0.15, -0.1) is 0 Å². The molecule has 0 aromatic heterocycles. The minimum Gasteiger partial charge on any atom is -0.508 e. The first-order valence-corrected chi connectivity index (χ1v) is 9.04. The molecule has 0 aliphatic heterocycles. The van der Waals surface area contributed by atoms with Crippen LogP contribution in [0.3, 0.4) is 0 Å². The number of benzene rings is 2. The summed E-state index contributed by atoms with van der Waals surface area (Å²) in [5, 5.41) is 50.5. The van der Waals surface area contributed by atoms with Gasteiger partial charge in [-0.25, -0.2) is 4.57 Å². The number of aromatic hydroxyl groups is 3. The Bertz CT molecular complexity index is 826. The molecule has 1 atom stereocenters. The fourth-order valence-corrected chi connectivity index (χ4v) is 3.19. The molecule has 0 bridgehead atoms. The maximum Gasteiger partial charge on any atom is 0.524 e. The van der Waals surface area contributed by atoms with E-state index in [2.05, 4.69) is 4.52 Å². The largest absolute Gasteiger partial charge is 0.524 e. The minimum absolute atomic E-state index is 0.0388. The van der Waals surface area contributed by atoms with Crippen molar-refractivity contribution < 1.29 is 44.4 Å². The zero-order valence-electron chi connectivity index (χ0n) is 13.6. The van der Waals surface area contributed by atoms with Crippen molar-refractivity contribution in [1.82, 2.24) is 0 Å². The van der Waals surface area contributed by atoms with Crippen molar-refractivity contribution in [2.24, 2.45) is 0 Å². The second kappa shape index (κ2) is 7.14. The number of aliphatic hydroxyl groups is 2. The molecular weight excluding hydrogens is 367 g/mol. The lowest BCUT2D eigenvalue weighted by molar-refractivity contribution is -0.190. The lowest BCUT2D eigenvalue weighted by Crippen LogP contribution is -2.33. The predicted octanol–water partition coefficient (Wildman–Crippen LogP) is 1.61. The van der Waals surface area contributed by atoms with Crippen LogP contribution in [0.5, 0.6) is 23.0 Å². The van der Waals surface area contributed by atoms with E-state index >= 15 is 0 Å². The van der Waals surface area contributed by atoms with Gasteiger partial charge in [-0.3, -0.25) is 9.79 Å². The highest BCUT2D eigenvalue weighted by atomic mass is 31.2. The number of phenolic OH excluding ortho intramolecular Hbond substituents is 3. The van der Waals surface area contributed by atoms with Gasteiger partial charge in [0.2, 0.25) is 5.79 Å². The quantitative estimate of drug-likeness (QED) is 0.288. The molecule has 0 aliphatic carbocycles. The smallest absolute Gasteiger partial charge is 0.508 e. The highest BCUT2D eigenvalue weighted by molar-refractivity contribution is 7.46. The van der Waals surface area contributed by atoms with Gasteiger partial charge in [0, 0.05) is 18.1 Å². The average Bonchev–Trinajstić information content (AvgIpc) is 2.46. The summed E-state index contributed by atoms with van der Waals surface area (Å²) >= 11 is 0. The van der Waals surface area contributed by atoms with Gasteiger partial charge in [-0.1, -0.05) is 19.1 Å². The van der Waals surface area contributed by atoms with Crippen LogP contribution in [0.1, 0.15) is 30.4 Å². The summed E-state index contributed by atoms with van der Waals surface area (Å²) in [5.41, 5.74) is -0.330. The van der Waals surface area contributed by atoms with Gasteiger partial charge < -0.3 is 30.1 Å². The van der Waals surface area contributed by atoms with Gasteiger partial charge in [0.15, 0.2) is 0 Å². The summed E-state index contributed by atoms with van der Waals surface area (Å²) in [6, 6.07) is 7.07. The Morgan fingerprint density at radius 1 is 1.04 bits per heavy atom. The Morgan fingerprint density at radius 2 is 1.62 bits per heavy atom. The third-order valence-corrected chi connectivity index (χ3v) is 4.28. The van der Waals surface area contributed by atoms with Crippen molar-refractivity contribution in [3.05, 3.63) is 47.5 Å². The average molecular weight is 386 g/mol. The molecule has 2 aromatic rings. The van der Waals surface area contributed by atoms with Crippen LogP contribution < -0.4 is 4.52 Å². The molecule has 7 N–H and O–H groups in total. The van der Waals surface area contributed by atoms with Crippen LogP contribution in [-0.2, 0) is 10.4 Å². The Kier molecular flexibility index (Phi) is 5.50. The summed E-state index contributed by atoms with van der Waals surface area (Å²) in [6.45, 7) is 1.62. The zero-order valence-corrected chi connectivity index (χ0v) is 14.5. The van der Waals surface area contributed by atoms with Crippen LogP contribution >= 0.6 is 7.82 Å². The maximum absolute atomic E-state index is 11.2. The number of hydrogen-bond donors (Lipinski definition) is 7. The summed E-state index contributed by atoms with van der Waals surface area (Å²) in [6.07, 6.45) is 0.146. The van der Waals surface area contributed by atoms with Gasteiger partial charge in [-0.2, -0.15) is 0 Å². The fraction of sp³-hybridized carbons (Fsp3) is 0.250. The molecule has 0 saturated carbocycles. The Balaban J connectivity index is 2.62. The molecule has 0 spiro atoms. The van der Waals surface area contributed by atoms with Crippen LogP contribution in [0, 0.1) is 0 Å². The van der Waals surface area contributed by atoms with E-state index in [1.165, 1.54) is 24.3 Å². The molecule has 0 aliphatic rings. The second-order valence-corrected chi connectivity index (χ2v) is 6.86. The Hall–Kier alpha value is -2.29. The van der Waals surface area contributed by atoms with Gasteiger partial charge in [0.05, 0.1) is 5.56 Å². The van der Waals surface area contributed by atoms with E-state index in [0.717, 1.165) is 12.1 Å². The van der Waals surface area contributed by atoms with E-state index in [-0.39, 0.29) is 12.2 Å². The van der Waals surface area contributed by atoms with Crippen molar-refractivity contribution in [3.8, 4) is 23.0 Å². The van der Waals surface area contributed by atoms with Crippen LogP contribution in [0.25, 0.3) is 0 Å². The Labute approximate surface area is 148 Å². The molecule has 10 heteroatoms. The predicted molar refractivity (Wildman–Crippen MR) is 89.7 cm³/mol. The lowest BCUT2D eigenvalue weighted by Gasteiger charge is -2.33. The molecular formula is C16H19O9P. The number of rotatable bonds is 6. The molecule has 1 unspecified atom stereocenters. The standard InChI is InChI=1S/C16H19O9P/c1-2-12(9-3-5-10(17)6-4-9)16(20,21)15-13(19)7-11(18)8-14(15)25-26(22,23)24/h3-8,12,17-21H,2H2,1H3,(H2,22,23,24). The van der Waals surface area contributed by atoms with Gasteiger partial charge in [-0.05, 0) is 24.1 Å². The van der Waals surface area contributed by atoms with Crippen molar-refractivity contribution in [2.45, 2.75) is 25.0 Å². The molecule has 2 rings (SSSR count). The highest BCUT2D eigenvalue weighted by Crippen LogP contribution is 2.50. The van der Waals surface area contributed by atoms with Crippen LogP contribution in [0.4, 0.5) is 0 Å². The van der Waals surface area contributed by atoms with Crippen LogP contribution in [0.2, 0.25) is 0 Å². The molecule has 0 heterocycles. The molecule has 0 radical (unpaired) electrons. The molecule has 0 amide bonds. The maximum atomic E-state index is 11.2. The normalized spacial score (nSPS) is 13.4. The molecule has 9 nitrogen and oxygen atoms in total. The first-order chi connectivity index (χ1) is 12.0. The summed E-state index contributed by atoms with van der Waals surface area (Å²) in [4.78, 5) is 18.0. The summed E-state index contributed by atoms with van der Waals surface area (Å²) in [7, 11) is -5.12. The molecule has 0 saturated heterocycles. The first-order valence-electron chi connectivity index (χ1n) is 7.51. The molecule has 2 aromatic carbocycles. The van der Waals surface area contributed by atoms with Crippen LogP contribution in [-0.4, -0.2) is 35.3 Å². The number of phosphoric acid groups is 1. The van der Waals surface area contributed by atoms with Crippen LogP contribution in [0.15, 0.2) is 36.4 Å². The van der Waals surface area contributed by atoms with Crippen molar-refractivity contribution >= 4 is 7.82 Å². The lowest BCUT2D eigenvalue weighted by atomic mass is 9.83. The van der Waals surface area contributed by atoms with Gasteiger partial charge >= 0.3 is 7.82 Å². The SMILES string of the molecule is CCC(c1ccc(O)cc1)C(O)(O)c1c(O)cc(O)cc1OP(=O)(O)O. The monoisotopic (exact) mass is 386 g/mol. The minimum atomic E-state index is -5.12. The number of phenols is 3. The number of phosphoric ester groups is 1. The number of hydrogen-bond acceptors (Lipinski definition) is 7. The van der Waals surface area contributed by atoms with Crippen molar-refractivity contribution in [3.63, 3.8) is 0 Å². The van der Waals surface area contributed by atoms with E-state index < -0.39 is 42.3 Å². The second-order valence-electron chi connectivity index (χ2n) is 5.70.